The minimum Gasteiger partial charge on any atom is -0.302 e. The number of nitrogens with zero attached hydrogens (tertiary/aromatic N) is 2. The molecule has 0 bridgehead atoms. The van der Waals surface area contributed by atoms with Crippen LogP contribution in [0.5, 0.6) is 0 Å². The molecule has 1 unspecified atom stereocenters. The quantitative estimate of drug-likeness (QED) is 0.801. The van der Waals surface area contributed by atoms with E-state index < -0.39 is 11.1 Å². The summed E-state index contributed by atoms with van der Waals surface area (Å²) in [5, 5.41) is 4.00. The zero-order chi connectivity index (χ0) is 10.7. The molecule has 0 fully saturated rings. The molecule has 0 spiro atoms. The van der Waals surface area contributed by atoms with E-state index in [0.717, 1.165) is 5.56 Å². The fraction of sp³-hybridized carbons (Fsp3) is 0.100. The third-order valence-electron chi connectivity index (χ3n) is 2.00. The lowest BCUT2D eigenvalue weighted by Gasteiger charge is -2.00. The van der Waals surface area contributed by atoms with Crippen LogP contribution in [-0.4, -0.2) is 18.5 Å². The molecule has 1 N–H and O–H groups in total. The Bertz CT molecular complexity index is 467. The van der Waals surface area contributed by atoms with Crippen molar-refractivity contribution in [3.05, 3.63) is 48.3 Å². The van der Waals surface area contributed by atoms with Crippen molar-refractivity contribution in [2.75, 3.05) is 0 Å². The summed E-state index contributed by atoms with van der Waals surface area (Å²) in [6.07, 6.45) is 2.97. The van der Waals surface area contributed by atoms with E-state index in [4.69, 9.17) is 4.55 Å². The van der Waals surface area contributed by atoms with Crippen LogP contribution in [0.15, 0.2) is 47.6 Å². The predicted octanol–water partition coefficient (Wildman–Crippen LogP) is 1.51. The van der Waals surface area contributed by atoms with Gasteiger partial charge in [-0.25, -0.2) is 4.21 Å². The molecule has 1 heterocycles. The molecule has 15 heavy (non-hydrogen) atoms. The monoisotopic (exact) mass is 222 g/mol. The predicted molar refractivity (Wildman–Crippen MR) is 56.8 cm³/mol. The number of benzene rings is 1. The van der Waals surface area contributed by atoms with Crippen molar-refractivity contribution in [1.82, 2.24) is 9.78 Å². The van der Waals surface area contributed by atoms with Gasteiger partial charge in [0.2, 0.25) is 0 Å². The van der Waals surface area contributed by atoms with Gasteiger partial charge in [-0.3, -0.25) is 4.68 Å². The largest absolute Gasteiger partial charge is 0.302 e. The normalized spacial score (nSPS) is 12.6. The fourth-order valence-electron chi connectivity index (χ4n) is 1.29. The molecule has 5 heteroatoms. The highest BCUT2D eigenvalue weighted by Crippen LogP contribution is 2.05. The molecule has 0 aliphatic heterocycles. The zero-order valence-corrected chi connectivity index (χ0v) is 8.72. The van der Waals surface area contributed by atoms with Crippen molar-refractivity contribution < 1.29 is 8.76 Å². The van der Waals surface area contributed by atoms with Gasteiger partial charge in [0, 0.05) is 6.20 Å². The van der Waals surface area contributed by atoms with Crippen LogP contribution in [0.25, 0.3) is 0 Å². The molecular formula is C10H10N2O2S. The number of rotatable bonds is 3. The summed E-state index contributed by atoms with van der Waals surface area (Å²) in [4.78, 5) is 0.325. The van der Waals surface area contributed by atoms with Crippen LogP contribution in [0, 0.1) is 0 Å². The van der Waals surface area contributed by atoms with Gasteiger partial charge in [0.05, 0.1) is 12.7 Å². The minimum atomic E-state index is -1.95. The molecule has 2 rings (SSSR count). The molecule has 0 amide bonds. The Kier molecular flexibility index (Phi) is 2.94. The van der Waals surface area contributed by atoms with E-state index in [0.29, 0.717) is 11.4 Å². The van der Waals surface area contributed by atoms with Crippen LogP contribution in [-0.2, 0) is 17.6 Å². The van der Waals surface area contributed by atoms with E-state index in [2.05, 4.69) is 5.10 Å². The van der Waals surface area contributed by atoms with Gasteiger partial charge in [-0.15, -0.1) is 0 Å². The van der Waals surface area contributed by atoms with Crippen LogP contribution < -0.4 is 0 Å². The lowest BCUT2D eigenvalue weighted by atomic mass is 10.2. The Morgan fingerprint density at radius 2 is 2.07 bits per heavy atom. The smallest absolute Gasteiger partial charge is 0.189 e. The molecule has 1 aromatic carbocycles. The number of hydrogen-bond donors (Lipinski definition) is 1. The SMILES string of the molecule is O=S(O)c1cnn(Cc2ccccc2)c1. The van der Waals surface area contributed by atoms with Crippen molar-refractivity contribution in [1.29, 1.82) is 0 Å². The van der Waals surface area contributed by atoms with Gasteiger partial charge in [0.25, 0.3) is 0 Å². The van der Waals surface area contributed by atoms with E-state index in [1.807, 2.05) is 30.3 Å². The highest BCUT2D eigenvalue weighted by molar-refractivity contribution is 7.79. The summed E-state index contributed by atoms with van der Waals surface area (Å²) in [6.45, 7) is 0.609. The summed E-state index contributed by atoms with van der Waals surface area (Å²) in [5.41, 5.74) is 1.11. The van der Waals surface area contributed by atoms with Crippen molar-refractivity contribution in [3.8, 4) is 0 Å². The molecule has 0 radical (unpaired) electrons. The van der Waals surface area contributed by atoms with E-state index in [9.17, 15) is 4.21 Å². The molecule has 0 aliphatic carbocycles. The average molecular weight is 222 g/mol. The summed E-state index contributed by atoms with van der Waals surface area (Å²) < 4.78 is 21.2. The van der Waals surface area contributed by atoms with Crippen LogP contribution in [0.2, 0.25) is 0 Å². The lowest BCUT2D eigenvalue weighted by molar-refractivity contribution is 0.564. The minimum absolute atomic E-state index is 0.325. The lowest BCUT2D eigenvalue weighted by Crippen LogP contribution is -1.99. The Morgan fingerprint density at radius 3 is 2.67 bits per heavy atom. The first kappa shape index (κ1) is 10.1. The molecular weight excluding hydrogens is 212 g/mol. The summed E-state index contributed by atoms with van der Waals surface area (Å²) >= 11 is -1.95. The molecule has 0 saturated heterocycles. The maximum atomic E-state index is 10.7. The second-order valence-corrected chi connectivity index (χ2v) is 4.08. The molecule has 0 saturated carbocycles. The molecule has 2 aromatic rings. The first-order chi connectivity index (χ1) is 7.25. The third kappa shape index (κ3) is 2.51. The standard InChI is InChI=1S/C10H10N2O2S/c13-15(14)10-6-11-12(8-10)7-9-4-2-1-3-5-9/h1-6,8H,7H2,(H,13,14). The maximum absolute atomic E-state index is 10.7. The Balaban J connectivity index is 2.15. The van der Waals surface area contributed by atoms with E-state index in [1.165, 1.54) is 6.20 Å². The van der Waals surface area contributed by atoms with Crippen molar-refractivity contribution >= 4 is 11.1 Å². The van der Waals surface area contributed by atoms with E-state index in [-0.39, 0.29) is 0 Å². The molecule has 1 aromatic heterocycles. The zero-order valence-electron chi connectivity index (χ0n) is 7.91. The van der Waals surface area contributed by atoms with Crippen molar-refractivity contribution in [2.45, 2.75) is 11.4 Å². The molecule has 4 nitrogen and oxygen atoms in total. The maximum Gasteiger partial charge on any atom is 0.189 e. The molecule has 78 valence electrons. The molecule has 1 atom stereocenters. The summed E-state index contributed by atoms with van der Waals surface area (Å²) in [7, 11) is 0. The third-order valence-corrected chi connectivity index (χ3v) is 2.61. The first-order valence-electron chi connectivity index (χ1n) is 4.43. The second kappa shape index (κ2) is 4.37. The van der Waals surface area contributed by atoms with Crippen LogP contribution in [0.3, 0.4) is 0 Å². The van der Waals surface area contributed by atoms with Crippen molar-refractivity contribution in [3.63, 3.8) is 0 Å². The van der Waals surface area contributed by atoms with Crippen LogP contribution in [0.4, 0.5) is 0 Å². The number of hydrogen-bond acceptors (Lipinski definition) is 2. The Labute approximate surface area is 89.8 Å². The van der Waals surface area contributed by atoms with E-state index >= 15 is 0 Å². The van der Waals surface area contributed by atoms with Gasteiger partial charge < -0.3 is 4.55 Å². The summed E-state index contributed by atoms with van der Waals surface area (Å²) in [5.74, 6) is 0. The highest BCUT2D eigenvalue weighted by Gasteiger charge is 2.03. The Hall–Kier alpha value is -1.46. The van der Waals surface area contributed by atoms with Gasteiger partial charge >= 0.3 is 0 Å². The topological polar surface area (TPSA) is 55.1 Å². The average Bonchev–Trinajstić information content (AvgIpc) is 2.68. The second-order valence-electron chi connectivity index (χ2n) is 3.11. The molecule has 0 aliphatic rings. The van der Waals surface area contributed by atoms with Gasteiger partial charge in [-0.1, -0.05) is 30.3 Å². The van der Waals surface area contributed by atoms with E-state index in [1.54, 1.807) is 10.9 Å². The van der Waals surface area contributed by atoms with Crippen molar-refractivity contribution in [2.24, 2.45) is 0 Å². The first-order valence-corrected chi connectivity index (χ1v) is 5.53. The van der Waals surface area contributed by atoms with Gasteiger partial charge in [-0.2, -0.15) is 5.10 Å². The van der Waals surface area contributed by atoms with Crippen LogP contribution in [0.1, 0.15) is 5.56 Å². The van der Waals surface area contributed by atoms with Gasteiger partial charge in [0.1, 0.15) is 4.90 Å². The highest BCUT2D eigenvalue weighted by atomic mass is 32.2. The summed E-state index contributed by atoms with van der Waals surface area (Å²) in [6, 6.07) is 9.81. The van der Waals surface area contributed by atoms with Crippen LogP contribution >= 0.6 is 0 Å². The fourth-order valence-corrected chi connectivity index (χ4v) is 1.64. The Morgan fingerprint density at radius 1 is 1.33 bits per heavy atom. The van der Waals surface area contributed by atoms with Gasteiger partial charge in [0.15, 0.2) is 11.1 Å². The van der Waals surface area contributed by atoms with Gasteiger partial charge in [-0.05, 0) is 5.56 Å². The number of aromatic nitrogens is 2.